The van der Waals surface area contributed by atoms with Crippen LogP contribution in [0.2, 0.25) is 0 Å². The minimum atomic E-state index is -1.27. The number of nitrogens with zero attached hydrogens (tertiary/aromatic N) is 1. The Balaban J connectivity index is 2.61. The van der Waals surface area contributed by atoms with Gasteiger partial charge in [-0.15, -0.1) is 0 Å². The molecule has 0 bridgehead atoms. The Labute approximate surface area is 113 Å². The van der Waals surface area contributed by atoms with E-state index in [-0.39, 0.29) is 24.4 Å². The molecule has 0 aliphatic rings. The number of aliphatic hydroxyl groups excluding tert-OH is 1. The maximum absolute atomic E-state index is 11.5. The first-order chi connectivity index (χ1) is 9.43. The Kier molecular flexibility index (Phi) is 5.42. The number of carbonyl (C=O) groups excluding carboxylic acids is 1. The number of benzene rings is 1. The zero-order valence-electron chi connectivity index (χ0n) is 10.3. The molecule has 0 saturated heterocycles. The minimum Gasteiger partial charge on any atom is -0.480 e. The van der Waals surface area contributed by atoms with Crippen molar-refractivity contribution in [2.45, 2.75) is 12.5 Å². The molecule has 108 valence electrons. The molecule has 0 spiro atoms. The molecule has 0 heterocycles. The number of aliphatic hydroxyl groups is 1. The van der Waals surface area contributed by atoms with Crippen LogP contribution in [-0.4, -0.2) is 39.8 Å². The fourth-order valence-corrected chi connectivity index (χ4v) is 1.38. The Morgan fingerprint density at radius 3 is 2.35 bits per heavy atom. The number of hydrogen-bond acceptors (Lipinski definition) is 5. The fraction of sp³-hybridized carbons (Fsp3) is 0.273. The monoisotopic (exact) mass is 283 g/mol. The van der Waals surface area contributed by atoms with E-state index < -0.39 is 23.0 Å². The fourth-order valence-electron chi connectivity index (χ4n) is 1.38. The molecule has 9 nitrogen and oxygen atoms in total. The van der Waals surface area contributed by atoms with Crippen molar-refractivity contribution in [3.63, 3.8) is 0 Å². The van der Waals surface area contributed by atoms with Crippen LogP contribution in [0.15, 0.2) is 24.3 Å². The number of urea groups is 1. The lowest BCUT2D eigenvalue weighted by Crippen LogP contribution is -2.43. The van der Waals surface area contributed by atoms with Crippen molar-refractivity contribution >= 4 is 23.4 Å². The van der Waals surface area contributed by atoms with Gasteiger partial charge < -0.3 is 20.8 Å². The summed E-state index contributed by atoms with van der Waals surface area (Å²) in [6, 6.07) is 3.06. The highest BCUT2D eigenvalue weighted by Crippen LogP contribution is 2.15. The van der Waals surface area contributed by atoms with Crippen LogP contribution in [-0.2, 0) is 4.79 Å². The summed E-state index contributed by atoms with van der Waals surface area (Å²) in [6.45, 7) is -0.380. The molecule has 20 heavy (non-hydrogen) atoms. The van der Waals surface area contributed by atoms with Gasteiger partial charge in [-0.2, -0.15) is 0 Å². The normalized spacial score (nSPS) is 11.4. The van der Waals surface area contributed by atoms with E-state index in [1.807, 2.05) is 0 Å². The lowest BCUT2D eigenvalue weighted by molar-refractivity contribution is -0.384. The number of carbonyl (C=O) groups is 2. The summed E-state index contributed by atoms with van der Waals surface area (Å²) in [5, 5.41) is 32.4. The lowest BCUT2D eigenvalue weighted by Gasteiger charge is -2.13. The van der Waals surface area contributed by atoms with Gasteiger partial charge in [-0.3, -0.25) is 10.1 Å². The van der Waals surface area contributed by atoms with Gasteiger partial charge in [-0.1, -0.05) is 0 Å². The van der Waals surface area contributed by atoms with Crippen molar-refractivity contribution in [3.8, 4) is 0 Å². The van der Waals surface area contributed by atoms with E-state index in [0.29, 0.717) is 0 Å². The third kappa shape index (κ3) is 4.53. The molecule has 1 aromatic rings. The highest BCUT2D eigenvalue weighted by Gasteiger charge is 2.19. The molecule has 2 amide bonds. The van der Waals surface area contributed by atoms with Crippen LogP contribution in [0.25, 0.3) is 0 Å². The molecule has 1 rings (SSSR count). The molecular formula is C11H13N3O6. The van der Waals surface area contributed by atoms with Crippen molar-refractivity contribution in [1.82, 2.24) is 5.32 Å². The van der Waals surface area contributed by atoms with Gasteiger partial charge in [0.2, 0.25) is 0 Å². The number of carboxylic acids is 1. The molecule has 1 aromatic carbocycles. The quantitative estimate of drug-likeness (QED) is 0.443. The number of aliphatic carboxylic acids is 1. The van der Waals surface area contributed by atoms with Crippen LogP contribution in [0.3, 0.4) is 0 Å². The summed E-state index contributed by atoms with van der Waals surface area (Å²) in [6.07, 6.45) is -0.122. The van der Waals surface area contributed by atoms with Crippen LogP contribution >= 0.6 is 0 Å². The van der Waals surface area contributed by atoms with Crippen LogP contribution in [0, 0.1) is 10.1 Å². The summed E-state index contributed by atoms with van der Waals surface area (Å²) >= 11 is 0. The molecule has 1 unspecified atom stereocenters. The number of hydrogen-bond donors (Lipinski definition) is 4. The minimum absolute atomic E-state index is 0.122. The first kappa shape index (κ1) is 15.4. The molecule has 0 aromatic heterocycles. The second-order valence-electron chi connectivity index (χ2n) is 3.81. The molecule has 0 saturated carbocycles. The van der Waals surface area contributed by atoms with Gasteiger partial charge >= 0.3 is 12.0 Å². The van der Waals surface area contributed by atoms with Crippen LogP contribution < -0.4 is 10.6 Å². The number of amides is 2. The van der Waals surface area contributed by atoms with Gasteiger partial charge in [0.25, 0.3) is 5.69 Å². The summed E-state index contributed by atoms with van der Waals surface area (Å²) in [5.74, 6) is -1.27. The van der Waals surface area contributed by atoms with E-state index >= 15 is 0 Å². The summed E-state index contributed by atoms with van der Waals surface area (Å²) in [5.41, 5.74) is 0.154. The largest absolute Gasteiger partial charge is 0.480 e. The number of nitrogens with one attached hydrogen (secondary N) is 2. The van der Waals surface area contributed by atoms with Gasteiger partial charge in [-0.25, -0.2) is 9.59 Å². The molecule has 0 aliphatic carbocycles. The number of anilines is 1. The van der Waals surface area contributed by atoms with E-state index in [1.54, 1.807) is 0 Å². The third-order valence-electron chi connectivity index (χ3n) is 2.36. The van der Waals surface area contributed by atoms with Crippen LogP contribution in [0.1, 0.15) is 6.42 Å². The molecule has 4 N–H and O–H groups in total. The predicted octanol–water partition coefficient (Wildman–Crippen LogP) is 0.552. The number of rotatable bonds is 6. The van der Waals surface area contributed by atoms with Gasteiger partial charge in [0, 0.05) is 30.8 Å². The maximum Gasteiger partial charge on any atom is 0.326 e. The van der Waals surface area contributed by atoms with Crippen molar-refractivity contribution < 1.29 is 24.7 Å². The molecule has 0 aliphatic heterocycles. The Morgan fingerprint density at radius 2 is 1.90 bits per heavy atom. The molecular weight excluding hydrogens is 270 g/mol. The van der Waals surface area contributed by atoms with E-state index in [9.17, 15) is 19.7 Å². The van der Waals surface area contributed by atoms with E-state index in [4.69, 9.17) is 10.2 Å². The van der Waals surface area contributed by atoms with Gasteiger partial charge in [-0.05, 0) is 12.1 Å². The van der Waals surface area contributed by atoms with E-state index in [2.05, 4.69) is 10.6 Å². The number of non-ortho nitro benzene ring substituents is 1. The van der Waals surface area contributed by atoms with Gasteiger partial charge in [0.05, 0.1) is 4.92 Å². The van der Waals surface area contributed by atoms with Crippen molar-refractivity contribution in [3.05, 3.63) is 34.4 Å². The molecule has 0 fully saturated rings. The number of nitro benzene ring substituents is 1. The zero-order valence-corrected chi connectivity index (χ0v) is 10.3. The van der Waals surface area contributed by atoms with E-state index in [0.717, 1.165) is 0 Å². The Bertz CT molecular complexity index is 501. The van der Waals surface area contributed by atoms with Gasteiger partial charge in [0.15, 0.2) is 0 Å². The second-order valence-corrected chi connectivity index (χ2v) is 3.81. The highest BCUT2D eigenvalue weighted by atomic mass is 16.6. The number of carboxylic acid groups (broad SMARTS) is 1. The highest BCUT2D eigenvalue weighted by molar-refractivity contribution is 5.92. The first-order valence-electron chi connectivity index (χ1n) is 5.59. The Hall–Kier alpha value is -2.68. The molecule has 9 heteroatoms. The van der Waals surface area contributed by atoms with Gasteiger partial charge in [0.1, 0.15) is 6.04 Å². The molecule has 1 atom stereocenters. The second kappa shape index (κ2) is 7.04. The first-order valence-corrected chi connectivity index (χ1v) is 5.59. The van der Waals surface area contributed by atoms with Crippen molar-refractivity contribution in [2.24, 2.45) is 0 Å². The average Bonchev–Trinajstić information content (AvgIpc) is 2.38. The van der Waals surface area contributed by atoms with E-state index in [1.165, 1.54) is 24.3 Å². The third-order valence-corrected chi connectivity index (χ3v) is 2.36. The standard InChI is InChI=1S/C11H13N3O6/c15-6-5-9(10(16)17)13-11(18)12-7-1-3-8(4-2-7)14(19)20/h1-4,9,15H,5-6H2,(H,16,17)(H2,12,13,18). The predicted molar refractivity (Wildman–Crippen MR) is 68.4 cm³/mol. The molecule has 0 radical (unpaired) electrons. The lowest BCUT2D eigenvalue weighted by atomic mass is 10.2. The van der Waals surface area contributed by atoms with Crippen LogP contribution in [0.5, 0.6) is 0 Å². The van der Waals surface area contributed by atoms with Crippen LogP contribution in [0.4, 0.5) is 16.2 Å². The summed E-state index contributed by atoms with van der Waals surface area (Å²) < 4.78 is 0. The summed E-state index contributed by atoms with van der Waals surface area (Å²) in [4.78, 5) is 32.2. The number of nitro groups is 1. The van der Waals surface area contributed by atoms with Crippen molar-refractivity contribution in [1.29, 1.82) is 0 Å². The smallest absolute Gasteiger partial charge is 0.326 e. The zero-order chi connectivity index (χ0) is 15.1. The summed E-state index contributed by atoms with van der Waals surface area (Å²) in [7, 11) is 0. The topological polar surface area (TPSA) is 142 Å². The average molecular weight is 283 g/mol. The SMILES string of the molecule is O=C(Nc1ccc([N+](=O)[O-])cc1)NC(CCO)C(=O)O. The maximum atomic E-state index is 11.5. The Morgan fingerprint density at radius 1 is 1.30 bits per heavy atom. The van der Waals surface area contributed by atoms with Crippen molar-refractivity contribution in [2.75, 3.05) is 11.9 Å².